The maximum atomic E-state index is 2.30. The molecule has 12 aromatic carbocycles. The molecule has 0 fully saturated rings. The molecule has 0 aliphatic heterocycles. The van der Waals surface area contributed by atoms with Gasteiger partial charge in [0.15, 0.2) is 0 Å². The van der Waals surface area contributed by atoms with Crippen molar-refractivity contribution in [1.29, 1.82) is 0 Å². The summed E-state index contributed by atoms with van der Waals surface area (Å²) in [7, 11) is 0. The Morgan fingerprint density at radius 3 is 0.333 bits per heavy atom. The second-order valence-electron chi connectivity index (χ2n) is 18.8. The van der Waals surface area contributed by atoms with Gasteiger partial charge in [-0.2, -0.15) is 0 Å². The summed E-state index contributed by atoms with van der Waals surface area (Å²) < 4.78 is 0. The summed E-state index contributed by atoms with van der Waals surface area (Å²) in [6.45, 7) is 0. The van der Waals surface area contributed by atoms with Gasteiger partial charge >= 0.3 is 0 Å². The minimum Gasteiger partial charge on any atom is -0.0616 e. The topological polar surface area (TPSA) is 0 Å². The average molecular weight is 913 g/mol. The number of benzene rings is 12. The monoisotopic (exact) mass is 912 g/mol. The summed E-state index contributed by atoms with van der Waals surface area (Å²) in [6, 6.07) is 79.6. The maximum absolute atomic E-state index is 2.30. The van der Waals surface area contributed by atoms with Crippen LogP contribution in [0.2, 0.25) is 0 Å². The highest BCUT2D eigenvalue weighted by Crippen LogP contribution is 2.39. The Labute approximate surface area is 420 Å². The van der Waals surface area contributed by atoms with Crippen LogP contribution in [0.25, 0.3) is 138 Å². The van der Waals surface area contributed by atoms with Gasteiger partial charge in [-0.25, -0.2) is 0 Å². The smallest absolute Gasteiger partial charge is 0.00987 e. The molecule has 0 amide bonds. The number of hydrogen-bond donors (Lipinski definition) is 0. The number of rotatable bonds is 0. The van der Waals surface area contributed by atoms with Crippen LogP contribution in [0.5, 0.6) is 0 Å². The van der Waals surface area contributed by atoms with Crippen molar-refractivity contribution in [2.24, 2.45) is 0 Å². The molecular formula is C72H48. The van der Waals surface area contributed by atoms with Gasteiger partial charge in [0.2, 0.25) is 0 Å². The van der Waals surface area contributed by atoms with E-state index in [4.69, 9.17) is 0 Å². The Kier molecular flexibility index (Phi) is 11.0. The van der Waals surface area contributed by atoms with Gasteiger partial charge in [-0.3, -0.25) is 0 Å². The first-order valence-electron chi connectivity index (χ1n) is 24.9. The molecule has 0 saturated carbocycles. The van der Waals surface area contributed by atoms with Gasteiger partial charge in [0.1, 0.15) is 0 Å². The molecule has 0 atom stereocenters. The van der Waals surface area contributed by atoms with Gasteiger partial charge in [0.25, 0.3) is 0 Å². The van der Waals surface area contributed by atoms with Crippen LogP contribution in [-0.4, -0.2) is 0 Å². The fourth-order valence-corrected chi connectivity index (χ4v) is 10.9. The molecule has 12 bridgehead atoms. The molecule has 0 spiro atoms. The van der Waals surface area contributed by atoms with Gasteiger partial charge in [-0.05, 0) is 131 Å². The van der Waals surface area contributed by atoms with E-state index in [-0.39, 0.29) is 0 Å². The molecule has 0 nitrogen and oxygen atoms in total. The van der Waals surface area contributed by atoms with Crippen molar-refractivity contribution in [3.63, 3.8) is 0 Å². The van der Waals surface area contributed by atoms with Crippen LogP contribution in [0.4, 0.5) is 0 Å². The van der Waals surface area contributed by atoms with Crippen molar-refractivity contribution < 1.29 is 0 Å². The SMILES string of the molecule is C1=Cc2c3ccccc3c(c3ccccc23)C=Cc2ccc(cc2)C=Cc2c3ccccc3c(c3ccccc23)C=Cc2ccc(cc2)C=Cc2c3ccccc3c(c3ccccc23)C=Cc2ccc1cc2. The van der Waals surface area contributed by atoms with Gasteiger partial charge in [0.05, 0.1) is 0 Å². The Hall–Kier alpha value is -9.36. The zero-order chi connectivity index (χ0) is 47.8. The summed E-state index contributed by atoms with van der Waals surface area (Å²) >= 11 is 0. The molecule has 0 heterocycles. The van der Waals surface area contributed by atoms with Gasteiger partial charge < -0.3 is 0 Å². The first kappa shape index (κ1) is 42.7. The quantitative estimate of drug-likeness (QED) is 0.133. The Balaban J connectivity index is 0.958. The normalized spacial score (nSPS) is 12.7. The third kappa shape index (κ3) is 7.96. The van der Waals surface area contributed by atoms with Crippen molar-refractivity contribution in [2.45, 2.75) is 0 Å². The van der Waals surface area contributed by atoms with Crippen LogP contribution in [0.1, 0.15) is 66.8 Å². The molecule has 0 saturated heterocycles. The van der Waals surface area contributed by atoms with E-state index in [1.807, 2.05) is 0 Å². The lowest BCUT2D eigenvalue weighted by atomic mass is 9.90. The highest BCUT2D eigenvalue weighted by atomic mass is 14.2. The molecule has 72 heavy (non-hydrogen) atoms. The second-order valence-corrected chi connectivity index (χ2v) is 18.8. The highest BCUT2D eigenvalue weighted by Gasteiger charge is 2.14. The van der Waals surface area contributed by atoms with E-state index in [0.717, 1.165) is 33.4 Å². The van der Waals surface area contributed by atoms with E-state index < -0.39 is 0 Å². The van der Waals surface area contributed by atoms with Crippen molar-refractivity contribution in [1.82, 2.24) is 0 Å². The van der Waals surface area contributed by atoms with Crippen molar-refractivity contribution in [3.8, 4) is 0 Å². The summed E-state index contributed by atoms with van der Waals surface area (Å²) in [6.07, 6.45) is 27.3. The minimum absolute atomic E-state index is 1.16. The molecule has 0 unspecified atom stereocenters. The molecule has 0 aromatic heterocycles. The Morgan fingerprint density at radius 1 is 0.111 bits per heavy atom. The van der Waals surface area contributed by atoms with E-state index in [1.165, 1.54) is 98.0 Å². The standard InChI is InChI=1S/C72H48/c1-2-14-56-55(13-1)67-43-37-49-25-27-51(28-26-49)39-45-69-59-17-5-7-19-61(59)71(62-20-8-6-18-60(62)69)47-41-53-33-35-54(36-34-53)42-48-72-65-23-11-9-21-63(65)70(64-22-10-12-24-66(64)72)46-40-52-31-29-50(30-32-52)38-44-68(56)58-16-4-3-15-57(58)67/h1-48H. The largest absolute Gasteiger partial charge is 0.0616 e. The molecule has 0 N–H and O–H groups in total. The Bertz CT molecular complexity index is 3380. The van der Waals surface area contributed by atoms with Crippen LogP contribution >= 0.6 is 0 Å². The molecule has 22 rings (SSSR count). The summed E-state index contributed by atoms with van der Waals surface area (Å²) in [4.78, 5) is 0. The second kappa shape index (κ2) is 18.5. The van der Waals surface area contributed by atoms with Gasteiger partial charge in [-0.1, -0.05) is 291 Å². The maximum Gasteiger partial charge on any atom is -0.00987 e. The van der Waals surface area contributed by atoms with E-state index in [9.17, 15) is 0 Å². The predicted molar refractivity (Wildman–Crippen MR) is 317 cm³/mol. The van der Waals surface area contributed by atoms with Crippen molar-refractivity contribution in [2.75, 3.05) is 0 Å². The minimum atomic E-state index is 1.16. The summed E-state index contributed by atoms with van der Waals surface area (Å²) in [5.74, 6) is 0. The predicted octanol–water partition coefficient (Wildman–Crippen LogP) is 19.9. The van der Waals surface area contributed by atoms with Crippen molar-refractivity contribution >= 4 is 138 Å². The van der Waals surface area contributed by atoms with Crippen molar-refractivity contribution in [3.05, 3.63) is 285 Å². The lowest BCUT2D eigenvalue weighted by Crippen LogP contribution is -1.89. The van der Waals surface area contributed by atoms with E-state index in [1.54, 1.807) is 0 Å². The first-order valence-corrected chi connectivity index (χ1v) is 24.9. The van der Waals surface area contributed by atoms with Gasteiger partial charge in [-0.15, -0.1) is 0 Å². The van der Waals surface area contributed by atoms with Crippen LogP contribution in [0.3, 0.4) is 0 Å². The van der Waals surface area contributed by atoms with E-state index in [0.29, 0.717) is 0 Å². The lowest BCUT2D eigenvalue weighted by Gasteiger charge is -2.13. The average Bonchev–Trinajstić information content (AvgIpc) is 3.44. The molecule has 12 aromatic rings. The molecule has 10 aliphatic rings. The summed E-state index contributed by atoms with van der Waals surface area (Å²) in [5, 5.41) is 14.8. The van der Waals surface area contributed by atoms with E-state index in [2.05, 4.69) is 291 Å². The van der Waals surface area contributed by atoms with Crippen LogP contribution in [-0.2, 0) is 0 Å². The molecular weight excluding hydrogens is 865 g/mol. The molecule has 0 heteroatoms. The van der Waals surface area contributed by atoms with Crippen LogP contribution in [0, 0.1) is 0 Å². The van der Waals surface area contributed by atoms with Gasteiger partial charge in [0, 0.05) is 0 Å². The lowest BCUT2D eigenvalue weighted by molar-refractivity contribution is 1.62. The fraction of sp³-hybridized carbons (Fsp3) is 0. The van der Waals surface area contributed by atoms with E-state index >= 15 is 0 Å². The third-order valence-corrected chi connectivity index (χ3v) is 14.5. The Morgan fingerprint density at radius 2 is 0.222 bits per heavy atom. The summed E-state index contributed by atoms with van der Waals surface area (Å²) in [5.41, 5.74) is 14.3. The van der Waals surface area contributed by atoms with Crippen LogP contribution in [0.15, 0.2) is 218 Å². The zero-order valence-electron chi connectivity index (χ0n) is 39.7. The fourth-order valence-electron chi connectivity index (χ4n) is 10.9. The zero-order valence-corrected chi connectivity index (χ0v) is 39.7. The van der Waals surface area contributed by atoms with Crippen LogP contribution < -0.4 is 0 Å². The molecule has 336 valence electrons. The first-order chi connectivity index (χ1) is 35.7. The molecule has 10 aliphatic carbocycles. The number of hydrogen-bond acceptors (Lipinski definition) is 0. The third-order valence-electron chi connectivity index (χ3n) is 14.5. The highest BCUT2D eigenvalue weighted by molar-refractivity contribution is 6.17. The molecule has 0 radical (unpaired) electrons.